The van der Waals surface area contributed by atoms with Crippen molar-refractivity contribution in [3.05, 3.63) is 64.7 Å². The monoisotopic (exact) mass is 259 g/mol. The Morgan fingerprint density at radius 2 is 1.83 bits per heavy atom. The van der Waals surface area contributed by atoms with Gasteiger partial charge >= 0.3 is 0 Å². The van der Waals surface area contributed by atoms with Crippen LogP contribution in [0.3, 0.4) is 0 Å². The summed E-state index contributed by atoms with van der Waals surface area (Å²) in [4.78, 5) is 4.47. The zero-order chi connectivity index (χ0) is 13.0. The lowest BCUT2D eigenvalue weighted by atomic mass is 10.1. The van der Waals surface area contributed by atoms with Crippen LogP contribution in [-0.2, 0) is 0 Å². The number of para-hydroxylation sites is 1. The Bertz CT molecular complexity index is 565. The van der Waals surface area contributed by atoms with Crippen LogP contribution >= 0.6 is 11.6 Å². The van der Waals surface area contributed by atoms with Crippen molar-refractivity contribution < 1.29 is 0 Å². The van der Waals surface area contributed by atoms with E-state index in [2.05, 4.69) is 10.4 Å². The molecule has 0 saturated heterocycles. The summed E-state index contributed by atoms with van der Waals surface area (Å²) in [6.07, 6.45) is 0. The Balaban J connectivity index is 2.46. The van der Waals surface area contributed by atoms with Gasteiger partial charge in [-0.1, -0.05) is 41.9 Å². The number of hydrogen-bond acceptors (Lipinski definition) is 2. The molecule has 18 heavy (non-hydrogen) atoms. The summed E-state index contributed by atoms with van der Waals surface area (Å²) >= 11 is 6.09. The van der Waals surface area contributed by atoms with E-state index in [-0.39, 0.29) is 0 Å². The predicted molar refractivity (Wildman–Crippen MR) is 76.2 cm³/mol. The molecule has 0 fully saturated rings. The first-order chi connectivity index (χ1) is 8.72. The maximum atomic E-state index is 6.09. The molecule has 3 N–H and O–H groups in total. The van der Waals surface area contributed by atoms with E-state index >= 15 is 0 Å². The molecule has 0 aliphatic heterocycles. The summed E-state index contributed by atoms with van der Waals surface area (Å²) in [7, 11) is 0. The van der Waals surface area contributed by atoms with Gasteiger partial charge in [-0.15, -0.1) is 0 Å². The van der Waals surface area contributed by atoms with Crippen LogP contribution < -0.4 is 11.3 Å². The lowest BCUT2D eigenvalue weighted by Crippen LogP contribution is -2.31. The van der Waals surface area contributed by atoms with Crippen molar-refractivity contribution in [2.75, 3.05) is 0 Å². The van der Waals surface area contributed by atoms with E-state index in [0.717, 1.165) is 16.8 Å². The molecular weight excluding hydrogens is 246 g/mol. The third-order valence-electron chi connectivity index (χ3n) is 2.66. The molecular formula is C14H14ClN3. The Kier molecular flexibility index (Phi) is 3.97. The van der Waals surface area contributed by atoms with Crippen LogP contribution in [-0.4, -0.2) is 5.84 Å². The van der Waals surface area contributed by atoms with Crippen LogP contribution in [0.4, 0.5) is 5.69 Å². The largest absolute Gasteiger partial charge is 0.308 e. The van der Waals surface area contributed by atoms with Crippen LogP contribution in [0.15, 0.2) is 53.5 Å². The fourth-order valence-corrected chi connectivity index (χ4v) is 1.84. The van der Waals surface area contributed by atoms with Gasteiger partial charge in [0.25, 0.3) is 0 Å². The van der Waals surface area contributed by atoms with E-state index in [9.17, 15) is 0 Å². The third kappa shape index (κ3) is 2.70. The van der Waals surface area contributed by atoms with Crippen LogP contribution in [0.2, 0.25) is 5.02 Å². The second-order valence-corrected chi connectivity index (χ2v) is 4.26. The number of amidine groups is 1. The quantitative estimate of drug-likeness (QED) is 0.377. The number of benzene rings is 2. The molecule has 0 aliphatic rings. The number of nitrogens with two attached hydrogens (primary N) is 1. The second kappa shape index (κ2) is 5.67. The van der Waals surface area contributed by atoms with Gasteiger partial charge in [-0.25, -0.2) is 10.8 Å². The molecule has 4 heteroatoms. The van der Waals surface area contributed by atoms with Crippen LogP contribution in [0.5, 0.6) is 0 Å². The fourth-order valence-electron chi connectivity index (χ4n) is 1.67. The van der Waals surface area contributed by atoms with Gasteiger partial charge in [0.05, 0.1) is 5.69 Å². The number of hydrogen-bond donors (Lipinski definition) is 2. The van der Waals surface area contributed by atoms with Crippen molar-refractivity contribution in [2.24, 2.45) is 10.8 Å². The molecule has 92 valence electrons. The standard InChI is InChI=1S/C14H14ClN3/c1-10-12(8-5-9-13(10)15)14(18-16)17-11-6-3-2-4-7-11/h2-9H,16H2,1H3,(H,17,18). The number of nitrogens with zero attached hydrogens (tertiary/aromatic N) is 1. The summed E-state index contributed by atoms with van der Waals surface area (Å²) in [5.74, 6) is 6.15. The number of aliphatic imine (C=N–C) groups is 1. The van der Waals surface area contributed by atoms with Gasteiger partial charge in [0.2, 0.25) is 0 Å². The van der Waals surface area contributed by atoms with Crippen LogP contribution in [0.1, 0.15) is 11.1 Å². The zero-order valence-corrected chi connectivity index (χ0v) is 10.8. The second-order valence-electron chi connectivity index (χ2n) is 3.85. The number of hydrazine groups is 1. The molecule has 0 saturated carbocycles. The van der Waals surface area contributed by atoms with Crippen LogP contribution in [0, 0.1) is 6.92 Å². The minimum absolute atomic E-state index is 0.598. The molecule has 2 rings (SSSR count). The first-order valence-electron chi connectivity index (χ1n) is 5.58. The topological polar surface area (TPSA) is 50.4 Å². The van der Waals surface area contributed by atoms with Gasteiger partial charge in [-0.2, -0.15) is 0 Å². The summed E-state index contributed by atoms with van der Waals surface area (Å²) in [6, 6.07) is 15.3. The SMILES string of the molecule is Cc1c(Cl)cccc1C(=Nc1ccccc1)NN. The third-order valence-corrected chi connectivity index (χ3v) is 3.07. The summed E-state index contributed by atoms with van der Waals surface area (Å²) in [5.41, 5.74) is 5.31. The lowest BCUT2D eigenvalue weighted by molar-refractivity contribution is 1.02. The molecule has 2 aromatic rings. The normalized spacial score (nSPS) is 11.4. The Morgan fingerprint density at radius 3 is 2.50 bits per heavy atom. The highest BCUT2D eigenvalue weighted by Crippen LogP contribution is 2.20. The highest BCUT2D eigenvalue weighted by molar-refractivity contribution is 6.31. The summed E-state index contributed by atoms with van der Waals surface area (Å²) in [5, 5.41) is 0.698. The molecule has 3 nitrogen and oxygen atoms in total. The molecule has 0 spiro atoms. The van der Waals surface area contributed by atoms with Gasteiger partial charge in [0.15, 0.2) is 0 Å². The first-order valence-corrected chi connectivity index (χ1v) is 5.96. The number of halogens is 1. The molecule has 0 atom stereocenters. The molecule has 0 radical (unpaired) electrons. The summed E-state index contributed by atoms with van der Waals surface area (Å²) < 4.78 is 0. The molecule has 0 bridgehead atoms. The van der Waals surface area contributed by atoms with E-state index in [0.29, 0.717) is 10.9 Å². The maximum absolute atomic E-state index is 6.09. The fraction of sp³-hybridized carbons (Fsp3) is 0.0714. The molecule has 0 unspecified atom stereocenters. The van der Waals surface area contributed by atoms with Gasteiger partial charge < -0.3 is 5.43 Å². The Morgan fingerprint density at radius 1 is 1.11 bits per heavy atom. The molecule has 0 aromatic heterocycles. The smallest absolute Gasteiger partial charge is 0.148 e. The van der Waals surface area contributed by atoms with Crippen molar-refractivity contribution in [3.8, 4) is 0 Å². The van der Waals surface area contributed by atoms with Gasteiger partial charge in [0.1, 0.15) is 5.84 Å². The molecule has 0 amide bonds. The van der Waals surface area contributed by atoms with E-state index < -0.39 is 0 Å². The highest BCUT2D eigenvalue weighted by Gasteiger charge is 2.07. The minimum atomic E-state index is 0.598. The maximum Gasteiger partial charge on any atom is 0.148 e. The van der Waals surface area contributed by atoms with E-state index in [1.165, 1.54) is 0 Å². The Hall–Kier alpha value is -1.84. The van der Waals surface area contributed by atoms with Gasteiger partial charge in [-0.3, -0.25) is 0 Å². The number of rotatable bonds is 2. The zero-order valence-electron chi connectivity index (χ0n) is 10.0. The van der Waals surface area contributed by atoms with E-state index in [1.807, 2.05) is 55.5 Å². The van der Waals surface area contributed by atoms with Crippen molar-refractivity contribution in [3.63, 3.8) is 0 Å². The highest BCUT2D eigenvalue weighted by atomic mass is 35.5. The van der Waals surface area contributed by atoms with Crippen molar-refractivity contribution in [2.45, 2.75) is 6.92 Å². The predicted octanol–water partition coefficient (Wildman–Crippen LogP) is 3.19. The first kappa shape index (κ1) is 12.6. The Labute approximate surface area is 111 Å². The van der Waals surface area contributed by atoms with Crippen LogP contribution in [0.25, 0.3) is 0 Å². The van der Waals surface area contributed by atoms with Crippen molar-refractivity contribution in [1.82, 2.24) is 5.43 Å². The van der Waals surface area contributed by atoms with E-state index in [4.69, 9.17) is 17.4 Å². The average molecular weight is 260 g/mol. The van der Waals surface area contributed by atoms with Gasteiger partial charge in [0, 0.05) is 10.6 Å². The molecule has 2 aromatic carbocycles. The lowest BCUT2D eigenvalue weighted by Gasteiger charge is -2.10. The minimum Gasteiger partial charge on any atom is -0.308 e. The summed E-state index contributed by atoms with van der Waals surface area (Å²) in [6.45, 7) is 1.94. The number of nitrogens with one attached hydrogen (secondary N) is 1. The molecule has 0 aliphatic carbocycles. The molecule has 0 heterocycles. The van der Waals surface area contributed by atoms with Crippen molar-refractivity contribution >= 4 is 23.1 Å². The average Bonchev–Trinajstić information content (AvgIpc) is 2.41. The van der Waals surface area contributed by atoms with E-state index in [1.54, 1.807) is 0 Å². The van der Waals surface area contributed by atoms with Gasteiger partial charge in [-0.05, 0) is 30.7 Å². The van der Waals surface area contributed by atoms with Crippen molar-refractivity contribution in [1.29, 1.82) is 0 Å².